The smallest absolute Gasteiger partial charge is 0.408 e. The number of aryl methyl sites for hydroxylation is 1. The predicted molar refractivity (Wildman–Crippen MR) is 96.3 cm³/mol. The molecule has 4 nitrogen and oxygen atoms in total. The van der Waals surface area contributed by atoms with Gasteiger partial charge in [-0.1, -0.05) is 12.1 Å². The largest absolute Gasteiger partial charge is 0.444 e. The lowest BCUT2D eigenvalue weighted by Gasteiger charge is -2.28. The van der Waals surface area contributed by atoms with Gasteiger partial charge in [-0.15, -0.1) is 11.3 Å². The molecule has 1 amide bonds. The van der Waals surface area contributed by atoms with Crippen molar-refractivity contribution in [2.24, 2.45) is 0 Å². The number of hydrogen-bond acceptors (Lipinski definition) is 4. The van der Waals surface area contributed by atoms with E-state index in [0.717, 1.165) is 29.5 Å². The summed E-state index contributed by atoms with van der Waals surface area (Å²) < 4.78 is 33.6. The van der Waals surface area contributed by atoms with Crippen LogP contribution in [0, 0.1) is 11.6 Å². The van der Waals surface area contributed by atoms with Crippen LogP contribution in [0.4, 0.5) is 13.6 Å². The van der Waals surface area contributed by atoms with Gasteiger partial charge in [-0.05, 0) is 51.7 Å². The highest BCUT2D eigenvalue weighted by atomic mass is 32.1. The standard InChI is InChI=1S/C19H22F2N2O2S/c1-19(2,3)25-18(24)23-16-12(11-6-4-8-13(20)15(11)21)7-5-9-14-17(16)26-10-22-14/h4,6,8,10,12,16H,5,7,9H2,1-3H3,(H,23,24). The van der Waals surface area contributed by atoms with Gasteiger partial charge in [-0.3, -0.25) is 0 Å². The molecular formula is C19H22F2N2O2S. The lowest BCUT2D eigenvalue weighted by atomic mass is 9.87. The Morgan fingerprint density at radius 3 is 2.85 bits per heavy atom. The number of nitrogens with zero attached hydrogens (tertiary/aromatic N) is 1. The van der Waals surface area contributed by atoms with Crippen LogP contribution in [0.2, 0.25) is 0 Å². The van der Waals surface area contributed by atoms with E-state index in [2.05, 4.69) is 10.3 Å². The summed E-state index contributed by atoms with van der Waals surface area (Å²) in [4.78, 5) is 17.6. The second-order valence-electron chi connectivity index (χ2n) is 7.43. The van der Waals surface area contributed by atoms with E-state index in [0.29, 0.717) is 6.42 Å². The Morgan fingerprint density at radius 1 is 1.35 bits per heavy atom. The molecule has 1 aliphatic rings. The summed E-state index contributed by atoms with van der Waals surface area (Å²) in [5.41, 5.74) is 2.24. The van der Waals surface area contributed by atoms with Gasteiger partial charge in [0, 0.05) is 5.92 Å². The van der Waals surface area contributed by atoms with Crippen LogP contribution in [0.5, 0.6) is 0 Å². The molecule has 1 aromatic heterocycles. The molecule has 0 saturated carbocycles. The van der Waals surface area contributed by atoms with Crippen molar-refractivity contribution in [3.8, 4) is 0 Å². The first kappa shape index (κ1) is 18.8. The van der Waals surface area contributed by atoms with Gasteiger partial charge in [0.25, 0.3) is 0 Å². The van der Waals surface area contributed by atoms with Crippen molar-refractivity contribution in [2.45, 2.75) is 57.6 Å². The van der Waals surface area contributed by atoms with Crippen LogP contribution in [0.1, 0.15) is 61.7 Å². The minimum atomic E-state index is -0.882. The van der Waals surface area contributed by atoms with Gasteiger partial charge in [-0.2, -0.15) is 0 Å². The van der Waals surface area contributed by atoms with Crippen molar-refractivity contribution in [3.63, 3.8) is 0 Å². The second-order valence-corrected chi connectivity index (χ2v) is 8.32. The molecule has 1 aromatic carbocycles. The Kier molecular flexibility index (Phi) is 5.27. The number of hydrogen-bond donors (Lipinski definition) is 1. The number of rotatable bonds is 2. The summed E-state index contributed by atoms with van der Waals surface area (Å²) >= 11 is 1.42. The number of aromatic nitrogens is 1. The third kappa shape index (κ3) is 4.03. The molecule has 0 bridgehead atoms. The predicted octanol–water partition coefficient (Wildman–Crippen LogP) is 5.11. The normalized spacial score (nSPS) is 20.2. The molecule has 1 N–H and O–H groups in total. The van der Waals surface area contributed by atoms with E-state index in [-0.39, 0.29) is 11.5 Å². The Balaban J connectivity index is 1.98. The molecule has 2 aromatic rings. The van der Waals surface area contributed by atoms with Crippen molar-refractivity contribution in [1.29, 1.82) is 0 Å². The number of ether oxygens (including phenoxy) is 1. The average molecular weight is 380 g/mol. The number of nitrogens with one attached hydrogen (secondary N) is 1. The van der Waals surface area contributed by atoms with Gasteiger partial charge in [0.05, 0.1) is 22.1 Å². The molecule has 0 spiro atoms. The van der Waals surface area contributed by atoms with Gasteiger partial charge in [0.15, 0.2) is 11.6 Å². The molecule has 0 radical (unpaired) electrons. The second kappa shape index (κ2) is 7.31. The highest BCUT2D eigenvalue weighted by Gasteiger charge is 2.35. The lowest BCUT2D eigenvalue weighted by molar-refractivity contribution is 0.0495. The van der Waals surface area contributed by atoms with Crippen LogP contribution >= 0.6 is 11.3 Å². The van der Waals surface area contributed by atoms with E-state index < -0.39 is 29.4 Å². The fourth-order valence-corrected chi connectivity index (χ4v) is 4.25. The zero-order valence-electron chi connectivity index (χ0n) is 15.0. The summed E-state index contributed by atoms with van der Waals surface area (Å²) in [5, 5.41) is 2.87. The highest BCUT2D eigenvalue weighted by molar-refractivity contribution is 7.09. The number of carbonyl (C=O) groups is 1. The van der Waals surface area contributed by atoms with Crippen LogP contribution in [-0.4, -0.2) is 16.7 Å². The Bertz CT molecular complexity index is 801. The minimum Gasteiger partial charge on any atom is -0.444 e. The van der Waals surface area contributed by atoms with Crippen molar-refractivity contribution in [2.75, 3.05) is 0 Å². The van der Waals surface area contributed by atoms with Crippen LogP contribution in [-0.2, 0) is 11.2 Å². The zero-order chi connectivity index (χ0) is 18.9. The molecule has 2 unspecified atom stereocenters. The van der Waals surface area contributed by atoms with Gasteiger partial charge < -0.3 is 10.1 Å². The zero-order valence-corrected chi connectivity index (χ0v) is 15.8. The number of benzene rings is 1. The minimum absolute atomic E-state index is 0.271. The molecule has 26 heavy (non-hydrogen) atoms. The van der Waals surface area contributed by atoms with Gasteiger partial charge >= 0.3 is 6.09 Å². The third-order valence-corrected chi connectivity index (χ3v) is 5.29. The van der Waals surface area contributed by atoms with E-state index in [1.165, 1.54) is 17.4 Å². The lowest BCUT2D eigenvalue weighted by Crippen LogP contribution is -2.37. The first-order chi connectivity index (χ1) is 12.3. The van der Waals surface area contributed by atoms with Crippen LogP contribution < -0.4 is 5.32 Å². The molecule has 140 valence electrons. The monoisotopic (exact) mass is 380 g/mol. The quantitative estimate of drug-likeness (QED) is 0.737. The summed E-state index contributed by atoms with van der Waals surface area (Å²) in [6.07, 6.45) is 1.57. The number of thiazole rings is 1. The molecule has 7 heteroatoms. The molecule has 1 heterocycles. The Morgan fingerprint density at radius 2 is 2.12 bits per heavy atom. The number of alkyl carbamates (subject to hydrolysis) is 1. The van der Waals surface area contributed by atoms with Crippen molar-refractivity contribution >= 4 is 17.4 Å². The van der Waals surface area contributed by atoms with Gasteiger partial charge in [-0.25, -0.2) is 18.6 Å². The van der Waals surface area contributed by atoms with E-state index in [1.54, 1.807) is 32.3 Å². The molecule has 0 saturated heterocycles. The van der Waals surface area contributed by atoms with E-state index in [4.69, 9.17) is 4.74 Å². The molecule has 3 rings (SSSR count). The van der Waals surface area contributed by atoms with Crippen LogP contribution in [0.15, 0.2) is 23.7 Å². The Labute approximate surface area is 155 Å². The number of fused-ring (bicyclic) bond motifs is 1. The maximum absolute atomic E-state index is 14.5. The SMILES string of the molecule is CC(C)(C)OC(=O)NC1c2scnc2CCCC1c1cccc(F)c1F. The van der Waals surface area contributed by atoms with Crippen LogP contribution in [0.25, 0.3) is 0 Å². The maximum atomic E-state index is 14.5. The third-order valence-electron chi connectivity index (χ3n) is 4.34. The maximum Gasteiger partial charge on any atom is 0.408 e. The van der Waals surface area contributed by atoms with Gasteiger partial charge in [0.2, 0.25) is 0 Å². The number of halogens is 2. The summed E-state index contributed by atoms with van der Waals surface area (Å²) in [7, 11) is 0. The summed E-state index contributed by atoms with van der Waals surface area (Å²) in [6, 6.07) is 3.67. The fraction of sp³-hybridized carbons (Fsp3) is 0.474. The van der Waals surface area contributed by atoms with Crippen molar-refractivity contribution < 1.29 is 18.3 Å². The van der Waals surface area contributed by atoms with Crippen molar-refractivity contribution in [3.05, 3.63) is 51.5 Å². The topological polar surface area (TPSA) is 51.2 Å². The average Bonchev–Trinajstić information content (AvgIpc) is 2.93. The van der Waals surface area contributed by atoms with Gasteiger partial charge in [0.1, 0.15) is 5.60 Å². The first-order valence-electron chi connectivity index (χ1n) is 8.62. The molecule has 1 aliphatic carbocycles. The van der Waals surface area contributed by atoms with E-state index in [1.807, 2.05) is 0 Å². The number of carbonyl (C=O) groups excluding carboxylic acids is 1. The first-order valence-corrected chi connectivity index (χ1v) is 9.50. The van der Waals surface area contributed by atoms with E-state index in [9.17, 15) is 13.6 Å². The summed E-state index contributed by atoms with van der Waals surface area (Å²) in [6.45, 7) is 5.34. The van der Waals surface area contributed by atoms with Crippen molar-refractivity contribution in [1.82, 2.24) is 10.3 Å². The summed E-state index contributed by atoms with van der Waals surface area (Å²) in [5.74, 6) is -2.13. The van der Waals surface area contributed by atoms with E-state index >= 15 is 0 Å². The van der Waals surface area contributed by atoms with Crippen LogP contribution in [0.3, 0.4) is 0 Å². The molecule has 0 aliphatic heterocycles. The molecule has 2 atom stereocenters. The number of amides is 1. The molecule has 0 fully saturated rings. The highest BCUT2D eigenvalue weighted by Crippen LogP contribution is 2.42. The molecular weight excluding hydrogens is 358 g/mol. The Hall–Kier alpha value is -2.02. The fourth-order valence-electron chi connectivity index (χ4n) is 3.30.